The number of aliphatic hydroxyl groups is 1. The number of hydrogen-bond donors (Lipinski definition) is 3. The second kappa shape index (κ2) is 5.57. The summed E-state index contributed by atoms with van der Waals surface area (Å²) < 4.78 is 0. The maximum Gasteiger partial charge on any atom is 0.223 e. The fraction of sp³-hybridized carbons (Fsp3) is 0.929. The van der Waals surface area contributed by atoms with Crippen molar-refractivity contribution < 1.29 is 9.90 Å². The Kier molecular flexibility index (Phi) is 4.28. The second-order valence-electron chi connectivity index (χ2n) is 6.39. The molecule has 104 valence electrons. The third kappa shape index (κ3) is 3.04. The van der Waals surface area contributed by atoms with Gasteiger partial charge in [0.15, 0.2) is 0 Å². The number of piperidine rings is 1. The van der Waals surface area contributed by atoms with Crippen molar-refractivity contribution in [2.24, 2.45) is 17.3 Å². The van der Waals surface area contributed by atoms with Gasteiger partial charge in [0.1, 0.15) is 0 Å². The number of carbonyl (C=O) groups excluding carboxylic acids is 1. The lowest BCUT2D eigenvalue weighted by Crippen LogP contribution is -2.41. The van der Waals surface area contributed by atoms with Crippen molar-refractivity contribution in [1.82, 2.24) is 10.6 Å². The predicted octanol–water partition coefficient (Wildman–Crippen LogP) is 0.899. The maximum absolute atomic E-state index is 12.2. The summed E-state index contributed by atoms with van der Waals surface area (Å²) in [7, 11) is 0. The summed E-state index contributed by atoms with van der Waals surface area (Å²) in [4.78, 5) is 12.2. The van der Waals surface area contributed by atoms with Crippen LogP contribution in [-0.4, -0.2) is 36.8 Å². The summed E-state index contributed by atoms with van der Waals surface area (Å²) >= 11 is 0. The first-order chi connectivity index (χ1) is 8.57. The number of rotatable bonds is 5. The third-order valence-electron chi connectivity index (χ3n) is 4.43. The molecule has 0 aromatic rings. The zero-order valence-electron chi connectivity index (χ0n) is 11.5. The summed E-state index contributed by atoms with van der Waals surface area (Å²) in [5, 5.41) is 15.7. The highest BCUT2D eigenvalue weighted by Gasteiger charge is 2.57. The zero-order valence-corrected chi connectivity index (χ0v) is 11.5. The molecule has 18 heavy (non-hydrogen) atoms. The number of aliphatic hydroxyl groups excluding tert-OH is 1. The van der Waals surface area contributed by atoms with Gasteiger partial charge in [-0.3, -0.25) is 4.79 Å². The van der Waals surface area contributed by atoms with Crippen LogP contribution in [0.15, 0.2) is 0 Å². The van der Waals surface area contributed by atoms with Crippen LogP contribution in [0.4, 0.5) is 0 Å². The first-order valence-electron chi connectivity index (χ1n) is 7.19. The van der Waals surface area contributed by atoms with Gasteiger partial charge >= 0.3 is 0 Å². The van der Waals surface area contributed by atoms with Crippen LogP contribution in [0.5, 0.6) is 0 Å². The Hall–Kier alpha value is -0.610. The van der Waals surface area contributed by atoms with Gasteiger partial charge in [-0.25, -0.2) is 0 Å². The number of carbonyl (C=O) groups is 1. The van der Waals surface area contributed by atoms with Crippen molar-refractivity contribution in [3.63, 3.8) is 0 Å². The molecule has 0 aromatic carbocycles. The van der Waals surface area contributed by atoms with E-state index >= 15 is 0 Å². The van der Waals surface area contributed by atoms with Gasteiger partial charge in [-0.05, 0) is 50.1 Å². The Balaban J connectivity index is 1.81. The highest BCUT2D eigenvalue weighted by atomic mass is 16.3. The Labute approximate surface area is 110 Å². The predicted molar refractivity (Wildman–Crippen MR) is 71.1 cm³/mol. The van der Waals surface area contributed by atoms with Gasteiger partial charge < -0.3 is 15.7 Å². The molecule has 2 aliphatic rings. The van der Waals surface area contributed by atoms with E-state index in [0.717, 1.165) is 38.8 Å². The van der Waals surface area contributed by atoms with Crippen LogP contribution in [0.25, 0.3) is 0 Å². The molecule has 0 bridgehead atoms. The quantitative estimate of drug-likeness (QED) is 0.683. The first-order valence-corrected chi connectivity index (χ1v) is 7.19. The smallest absolute Gasteiger partial charge is 0.223 e. The lowest BCUT2D eigenvalue weighted by Gasteiger charge is -2.24. The number of amides is 1. The van der Waals surface area contributed by atoms with Crippen molar-refractivity contribution in [1.29, 1.82) is 0 Å². The topological polar surface area (TPSA) is 61.4 Å². The van der Waals surface area contributed by atoms with Crippen LogP contribution in [-0.2, 0) is 4.79 Å². The Morgan fingerprint density at radius 1 is 1.44 bits per heavy atom. The van der Waals surface area contributed by atoms with Crippen molar-refractivity contribution in [3.8, 4) is 0 Å². The molecule has 2 fully saturated rings. The average Bonchev–Trinajstić information content (AvgIpc) is 3.02. The fourth-order valence-corrected chi connectivity index (χ4v) is 3.25. The average molecular weight is 254 g/mol. The van der Waals surface area contributed by atoms with E-state index in [9.17, 15) is 9.90 Å². The minimum atomic E-state index is -0.0723. The van der Waals surface area contributed by atoms with Gasteiger partial charge in [0.2, 0.25) is 5.91 Å². The minimum absolute atomic E-state index is 0.0468. The van der Waals surface area contributed by atoms with Crippen molar-refractivity contribution in [3.05, 3.63) is 0 Å². The SMILES string of the molecule is CC(C)CC(CO)NC(=O)C1CC12CCNCC2. The van der Waals surface area contributed by atoms with E-state index in [0.29, 0.717) is 5.92 Å². The fourth-order valence-electron chi connectivity index (χ4n) is 3.25. The molecule has 2 rings (SSSR count). The van der Waals surface area contributed by atoms with Gasteiger partial charge in [0.25, 0.3) is 0 Å². The normalized spacial score (nSPS) is 27.2. The zero-order chi connectivity index (χ0) is 13.2. The highest BCUT2D eigenvalue weighted by Crippen LogP contribution is 2.58. The van der Waals surface area contributed by atoms with E-state index in [1.807, 2.05) is 0 Å². The lowest BCUT2D eigenvalue weighted by molar-refractivity contribution is -0.124. The Morgan fingerprint density at radius 3 is 2.67 bits per heavy atom. The van der Waals surface area contributed by atoms with Crippen LogP contribution in [0, 0.1) is 17.3 Å². The monoisotopic (exact) mass is 254 g/mol. The van der Waals surface area contributed by atoms with Gasteiger partial charge in [-0.2, -0.15) is 0 Å². The molecule has 0 radical (unpaired) electrons. The molecule has 1 saturated carbocycles. The summed E-state index contributed by atoms with van der Waals surface area (Å²) in [6.07, 6.45) is 4.14. The van der Waals surface area contributed by atoms with E-state index < -0.39 is 0 Å². The summed E-state index contributed by atoms with van der Waals surface area (Å²) in [6, 6.07) is -0.0723. The molecule has 1 amide bonds. The molecule has 1 aliphatic carbocycles. The molecule has 0 aromatic heterocycles. The molecule has 1 heterocycles. The van der Waals surface area contributed by atoms with Crippen molar-refractivity contribution in [2.45, 2.75) is 45.6 Å². The maximum atomic E-state index is 12.2. The highest BCUT2D eigenvalue weighted by molar-refractivity contribution is 5.82. The molecule has 2 atom stereocenters. The van der Waals surface area contributed by atoms with E-state index in [1.54, 1.807) is 0 Å². The van der Waals surface area contributed by atoms with Crippen molar-refractivity contribution in [2.75, 3.05) is 19.7 Å². The van der Waals surface area contributed by atoms with Gasteiger partial charge in [0, 0.05) is 5.92 Å². The van der Waals surface area contributed by atoms with E-state index in [2.05, 4.69) is 24.5 Å². The summed E-state index contributed by atoms with van der Waals surface area (Å²) in [5.74, 6) is 0.854. The Bertz CT molecular complexity index is 298. The van der Waals surface area contributed by atoms with Gasteiger partial charge in [0.05, 0.1) is 12.6 Å². The molecule has 4 nitrogen and oxygen atoms in total. The number of nitrogens with one attached hydrogen (secondary N) is 2. The molecular formula is C14H26N2O2. The molecule has 3 N–H and O–H groups in total. The summed E-state index contributed by atoms with van der Waals surface area (Å²) in [6.45, 7) is 6.35. The molecule has 1 saturated heterocycles. The number of hydrogen-bond acceptors (Lipinski definition) is 3. The van der Waals surface area contributed by atoms with Crippen molar-refractivity contribution >= 4 is 5.91 Å². The molecule has 4 heteroatoms. The Morgan fingerprint density at radius 2 is 2.11 bits per heavy atom. The molecule has 1 aliphatic heterocycles. The largest absolute Gasteiger partial charge is 0.394 e. The van der Waals surface area contributed by atoms with E-state index in [4.69, 9.17) is 0 Å². The standard InChI is InChI=1S/C14H26N2O2/c1-10(2)7-11(9-17)16-13(18)12-8-14(12)3-5-15-6-4-14/h10-12,15,17H,3-9H2,1-2H3,(H,16,18). The minimum Gasteiger partial charge on any atom is -0.394 e. The lowest BCUT2D eigenvalue weighted by atomic mass is 9.91. The van der Waals surface area contributed by atoms with Crippen LogP contribution in [0.1, 0.15) is 39.5 Å². The second-order valence-corrected chi connectivity index (χ2v) is 6.39. The summed E-state index contributed by atoms with van der Waals surface area (Å²) in [5.41, 5.74) is 0.285. The molecule has 1 spiro atoms. The molecular weight excluding hydrogens is 228 g/mol. The van der Waals surface area contributed by atoms with E-state index in [-0.39, 0.29) is 29.9 Å². The van der Waals surface area contributed by atoms with Gasteiger partial charge in [-0.15, -0.1) is 0 Å². The van der Waals surface area contributed by atoms with Gasteiger partial charge in [-0.1, -0.05) is 13.8 Å². The molecule has 2 unspecified atom stereocenters. The third-order valence-corrected chi connectivity index (χ3v) is 4.43. The van der Waals surface area contributed by atoms with Crippen LogP contribution in [0.3, 0.4) is 0 Å². The first kappa shape index (κ1) is 13.8. The van der Waals surface area contributed by atoms with Crippen LogP contribution >= 0.6 is 0 Å². The van der Waals surface area contributed by atoms with Crippen LogP contribution < -0.4 is 10.6 Å². The van der Waals surface area contributed by atoms with E-state index in [1.165, 1.54) is 0 Å². The van der Waals surface area contributed by atoms with Crippen LogP contribution in [0.2, 0.25) is 0 Å².